The molecule has 2 aliphatic rings. The summed E-state index contributed by atoms with van der Waals surface area (Å²) in [7, 11) is -3.32. The molecule has 2 rings (SSSR count). The molecule has 2 atom stereocenters. The SMILES string of the molecule is CC1CCCCN1S(=O)(=O)N1CCCC(CO)C1. The number of nitrogens with zero attached hydrogens (tertiary/aromatic N) is 2. The maximum Gasteiger partial charge on any atom is 0.282 e. The topological polar surface area (TPSA) is 60.9 Å². The van der Waals surface area contributed by atoms with Crippen molar-refractivity contribution in [3.63, 3.8) is 0 Å². The Kier molecular flexibility index (Phi) is 4.64. The fourth-order valence-electron chi connectivity index (χ4n) is 2.95. The lowest BCUT2D eigenvalue weighted by Gasteiger charge is -2.39. The fraction of sp³-hybridized carbons (Fsp3) is 1.00. The van der Waals surface area contributed by atoms with Gasteiger partial charge in [0, 0.05) is 32.3 Å². The largest absolute Gasteiger partial charge is 0.396 e. The number of hydrogen-bond acceptors (Lipinski definition) is 3. The molecule has 0 spiro atoms. The minimum Gasteiger partial charge on any atom is -0.396 e. The molecule has 0 aromatic rings. The third-order valence-corrected chi connectivity index (χ3v) is 6.22. The lowest BCUT2D eigenvalue weighted by Crippen LogP contribution is -2.52. The summed E-state index contributed by atoms with van der Waals surface area (Å²) in [5, 5.41) is 9.20. The maximum absolute atomic E-state index is 12.6. The van der Waals surface area contributed by atoms with Crippen LogP contribution in [-0.4, -0.2) is 54.4 Å². The molecule has 0 bridgehead atoms. The van der Waals surface area contributed by atoms with Crippen LogP contribution in [0.15, 0.2) is 0 Å². The standard InChI is InChI=1S/C12H24N2O3S/c1-11-5-2-3-8-14(11)18(16,17)13-7-4-6-12(9-13)10-15/h11-12,15H,2-10H2,1H3. The van der Waals surface area contributed by atoms with Crippen LogP contribution in [0, 0.1) is 5.92 Å². The molecule has 0 aliphatic carbocycles. The Hall–Kier alpha value is -0.170. The van der Waals surface area contributed by atoms with E-state index < -0.39 is 10.2 Å². The second-order valence-corrected chi connectivity index (χ2v) is 7.39. The monoisotopic (exact) mass is 276 g/mol. The summed E-state index contributed by atoms with van der Waals surface area (Å²) < 4.78 is 28.4. The molecule has 2 unspecified atom stereocenters. The summed E-state index contributed by atoms with van der Waals surface area (Å²) in [4.78, 5) is 0. The minimum atomic E-state index is -3.32. The molecule has 5 nitrogen and oxygen atoms in total. The molecule has 0 aromatic carbocycles. The Labute approximate surface area is 110 Å². The van der Waals surface area contributed by atoms with Gasteiger partial charge in [-0.25, -0.2) is 0 Å². The third-order valence-electron chi connectivity index (χ3n) is 4.10. The highest BCUT2D eigenvalue weighted by atomic mass is 32.2. The number of rotatable bonds is 3. The lowest BCUT2D eigenvalue weighted by atomic mass is 10.0. The molecule has 0 amide bonds. The first kappa shape index (κ1) is 14.2. The van der Waals surface area contributed by atoms with Crippen molar-refractivity contribution in [1.29, 1.82) is 0 Å². The Balaban J connectivity index is 2.09. The van der Waals surface area contributed by atoms with E-state index in [-0.39, 0.29) is 18.6 Å². The zero-order valence-corrected chi connectivity index (χ0v) is 11.9. The van der Waals surface area contributed by atoms with E-state index in [9.17, 15) is 13.5 Å². The van der Waals surface area contributed by atoms with Gasteiger partial charge in [0.2, 0.25) is 0 Å². The van der Waals surface area contributed by atoms with Crippen molar-refractivity contribution < 1.29 is 13.5 Å². The molecule has 106 valence electrons. The maximum atomic E-state index is 12.6. The van der Waals surface area contributed by atoms with Gasteiger partial charge in [0.1, 0.15) is 0 Å². The Morgan fingerprint density at radius 3 is 2.61 bits per heavy atom. The van der Waals surface area contributed by atoms with E-state index in [1.54, 1.807) is 8.61 Å². The van der Waals surface area contributed by atoms with E-state index in [1.807, 2.05) is 6.92 Å². The average molecular weight is 276 g/mol. The minimum absolute atomic E-state index is 0.0849. The van der Waals surface area contributed by atoms with Gasteiger partial charge < -0.3 is 5.11 Å². The Morgan fingerprint density at radius 1 is 1.17 bits per heavy atom. The molecule has 0 radical (unpaired) electrons. The lowest BCUT2D eigenvalue weighted by molar-refractivity contribution is 0.155. The first-order chi connectivity index (χ1) is 8.55. The second kappa shape index (κ2) is 5.86. The second-order valence-electron chi connectivity index (χ2n) is 5.51. The van der Waals surface area contributed by atoms with Crippen LogP contribution in [-0.2, 0) is 10.2 Å². The smallest absolute Gasteiger partial charge is 0.282 e. The molecule has 18 heavy (non-hydrogen) atoms. The molecule has 2 fully saturated rings. The van der Waals surface area contributed by atoms with Crippen LogP contribution in [0.1, 0.15) is 39.0 Å². The summed E-state index contributed by atoms with van der Waals surface area (Å²) in [6, 6.07) is 0.109. The van der Waals surface area contributed by atoms with E-state index in [2.05, 4.69) is 0 Å². The van der Waals surface area contributed by atoms with Gasteiger partial charge in [-0.1, -0.05) is 6.42 Å². The van der Waals surface area contributed by atoms with Crippen molar-refractivity contribution >= 4 is 10.2 Å². The van der Waals surface area contributed by atoms with Gasteiger partial charge in [-0.15, -0.1) is 0 Å². The Morgan fingerprint density at radius 2 is 1.94 bits per heavy atom. The van der Waals surface area contributed by atoms with Crippen LogP contribution in [0.2, 0.25) is 0 Å². The molecule has 0 saturated carbocycles. The highest BCUT2D eigenvalue weighted by Crippen LogP contribution is 2.26. The number of piperidine rings is 2. The normalized spacial score (nSPS) is 32.6. The van der Waals surface area contributed by atoms with Gasteiger partial charge in [0.25, 0.3) is 10.2 Å². The van der Waals surface area contributed by atoms with Crippen molar-refractivity contribution in [3.05, 3.63) is 0 Å². The van der Waals surface area contributed by atoms with Crippen molar-refractivity contribution in [2.24, 2.45) is 5.92 Å². The number of aliphatic hydroxyl groups excluding tert-OH is 1. The predicted molar refractivity (Wildman–Crippen MR) is 70.3 cm³/mol. The van der Waals surface area contributed by atoms with Crippen LogP contribution in [0.3, 0.4) is 0 Å². The van der Waals surface area contributed by atoms with E-state index in [1.165, 1.54) is 0 Å². The predicted octanol–water partition coefficient (Wildman–Crippen LogP) is 0.810. The van der Waals surface area contributed by atoms with Gasteiger partial charge >= 0.3 is 0 Å². The zero-order valence-electron chi connectivity index (χ0n) is 11.1. The summed E-state index contributed by atoms with van der Waals surface area (Å²) in [5.41, 5.74) is 0. The molecular formula is C12H24N2O3S. The first-order valence-electron chi connectivity index (χ1n) is 6.93. The highest BCUT2D eigenvalue weighted by Gasteiger charge is 2.36. The van der Waals surface area contributed by atoms with Crippen LogP contribution in [0.4, 0.5) is 0 Å². The van der Waals surface area contributed by atoms with E-state index >= 15 is 0 Å². The van der Waals surface area contributed by atoms with Crippen molar-refractivity contribution in [3.8, 4) is 0 Å². The molecular weight excluding hydrogens is 252 g/mol. The quantitative estimate of drug-likeness (QED) is 0.830. The number of aliphatic hydroxyl groups is 1. The molecule has 2 saturated heterocycles. The summed E-state index contributed by atoms with van der Waals surface area (Å²) in [6.07, 6.45) is 4.81. The van der Waals surface area contributed by atoms with Crippen LogP contribution >= 0.6 is 0 Å². The van der Waals surface area contributed by atoms with Crippen molar-refractivity contribution in [1.82, 2.24) is 8.61 Å². The van der Waals surface area contributed by atoms with Crippen molar-refractivity contribution in [2.45, 2.75) is 45.1 Å². The van der Waals surface area contributed by atoms with Gasteiger partial charge in [-0.05, 0) is 38.5 Å². The molecule has 1 N–H and O–H groups in total. The van der Waals surface area contributed by atoms with Gasteiger partial charge in [-0.2, -0.15) is 17.0 Å². The Bertz CT molecular complexity index is 372. The van der Waals surface area contributed by atoms with Crippen LogP contribution in [0.25, 0.3) is 0 Å². The highest BCUT2D eigenvalue weighted by molar-refractivity contribution is 7.86. The van der Waals surface area contributed by atoms with E-state index in [0.29, 0.717) is 19.6 Å². The van der Waals surface area contributed by atoms with Gasteiger partial charge in [0.15, 0.2) is 0 Å². The van der Waals surface area contributed by atoms with Crippen LogP contribution < -0.4 is 0 Å². The van der Waals surface area contributed by atoms with Gasteiger partial charge in [-0.3, -0.25) is 0 Å². The summed E-state index contributed by atoms with van der Waals surface area (Å²) in [5.74, 6) is 0.105. The molecule has 6 heteroatoms. The fourth-order valence-corrected chi connectivity index (χ4v) is 4.92. The van der Waals surface area contributed by atoms with E-state index in [4.69, 9.17) is 0 Å². The summed E-state index contributed by atoms with van der Waals surface area (Å²) in [6.45, 7) is 3.79. The third kappa shape index (κ3) is 2.87. The average Bonchev–Trinajstić information content (AvgIpc) is 2.39. The molecule has 2 heterocycles. The molecule has 0 aromatic heterocycles. The number of hydrogen-bond donors (Lipinski definition) is 1. The van der Waals surface area contributed by atoms with Crippen molar-refractivity contribution in [2.75, 3.05) is 26.2 Å². The summed E-state index contributed by atoms with van der Waals surface area (Å²) >= 11 is 0. The van der Waals surface area contributed by atoms with Crippen LogP contribution in [0.5, 0.6) is 0 Å². The zero-order chi connectivity index (χ0) is 13.2. The van der Waals surface area contributed by atoms with Gasteiger partial charge in [0.05, 0.1) is 0 Å². The first-order valence-corrected chi connectivity index (χ1v) is 8.33. The van der Waals surface area contributed by atoms with E-state index in [0.717, 1.165) is 32.1 Å². The molecule has 2 aliphatic heterocycles.